The molecule has 1 rings (SSSR count). The summed E-state index contributed by atoms with van der Waals surface area (Å²) in [5.41, 5.74) is 0.929. The highest BCUT2D eigenvalue weighted by atomic mass is 79.9. The van der Waals surface area contributed by atoms with E-state index in [9.17, 15) is 4.79 Å². The molecule has 0 fully saturated rings. The van der Waals surface area contributed by atoms with Crippen molar-refractivity contribution in [3.05, 3.63) is 18.0 Å². The van der Waals surface area contributed by atoms with E-state index in [1.807, 2.05) is 6.07 Å². The summed E-state index contributed by atoms with van der Waals surface area (Å²) in [7, 11) is 0. The number of carbonyl (C=O) groups excluding carboxylic acids is 1. The fourth-order valence-electron chi connectivity index (χ4n) is 1.05. The van der Waals surface area contributed by atoms with Crippen molar-refractivity contribution in [2.75, 3.05) is 5.33 Å². The Balaban J connectivity index is 2.09. The molecule has 14 heavy (non-hydrogen) atoms. The monoisotopic (exact) mass is 259 g/mol. The van der Waals surface area contributed by atoms with Gasteiger partial charge in [0.2, 0.25) is 5.91 Å². The van der Waals surface area contributed by atoms with Crippen LogP contribution in [0.5, 0.6) is 0 Å². The van der Waals surface area contributed by atoms with E-state index < -0.39 is 0 Å². The minimum Gasteiger partial charge on any atom is -0.350 e. The Hall–Kier alpha value is -0.840. The molecule has 1 amide bonds. The number of rotatable bonds is 6. The summed E-state index contributed by atoms with van der Waals surface area (Å²) in [5, 5.41) is 10.4. The molecule has 0 bridgehead atoms. The second-order valence-electron chi connectivity index (χ2n) is 3.00. The maximum absolute atomic E-state index is 11.3. The highest BCUT2D eigenvalue weighted by molar-refractivity contribution is 9.09. The molecule has 0 spiro atoms. The maximum atomic E-state index is 11.3. The molecule has 4 nitrogen and oxygen atoms in total. The number of hydrogen-bond donors (Lipinski definition) is 2. The quantitative estimate of drug-likeness (QED) is 0.602. The lowest BCUT2D eigenvalue weighted by Crippen LogP contribution is -2.22. The van der Waals surface area contributed by atoms with Gasteiger partial charge in [-0.2, -0.15) is 5.10 Å². The van der Waals surface area contributed by atoms with Crippen molar-refractivity contribution in [3.63, 3.8) is 0 Å². The fraction of sp³-hybridized carbons (Fsp3) is 0.556. The van der Waals surface area contributed by atoms with Crippen LogP contribution in [0.25, 0.3) is 0 Å². The molecule has 0 unspecified atom stereocenters. The Kier molecular flexibility index (Phi) is 5.29. The molecular weight excluding hydrogens is 246 g/mol. The minimum absolute atomic E-state index is 0.0977. The van der Waals surface area contributed by atoms with Crippen LogP contribution in [0, 0.1) is 0 Å². The summed E-state index contributed by atoms with van der Waals surface area (Å²) < 4.78 is 0. The van der Waals surface area contributed by atoms with E-state index in [0.29, 0.717) is 13.0 Å². The lowest BCUT2D eigenvalue weighted by molar-refractivity contribution is -0.121. The van der Waals surface area contributed by atoms with Crippen molar-refractivity contribution in [1.29, 1.82) is 0 Å². The van der Waals surface area contributed by atoms with E-state index in [4.69, 9.17) is 0 Å². The molecule has 1 aromatic rings. The summed E-state index contributed by atoms with van der Waals surface area (Å²) >= 11 is 3.33. The Morgan fingerprint density at radius 2 is 2.43 bits per heavy atom. The Labute approximate surface area is 91.6 Å². The van der Waals surface area contributed by atoms with Gasteiger partial charge in [0.1, 0.15) is 0 Å². The van der Waals surface area contributed by atoms with Crippen molar-refractivity contribution in [3.8, 4) is 0 Å². The number of hydrogen-bond acceptors (Lipinski definition) is 2. The van der Waals surface area contributed by atoms with Crippen molar-refractivity contribution in [2.24, 2.45) is 0 Å². The molecule has 0 aliphatic rings. The predicted octanol–water partition coefficient (Wildman–Crippen LogP) is 1.59. The van der Waals surface area contributed by atoms with Gasteiger partial charge in [0, 0.05) is 17.9 Å². The van der Waals surface area contributed by atoms with Crippen LogP contribution in [0.4, 0.5) is 0 Å². The summed E-state index contributed by atoms with van der Waals surface area (Å²) in [4.78, 5) is 11.3. The van der Waals surface area contributed by atoms with Crippen molar-refractivity contribution < 1.29 is 4.79 Å². The third-order valence-electron chi connectivity index (χ3n) is 1.82. The Morgan fingerprint density at radius 1 is 1.57 bits per heavy atom. The lowest BCUT2D eigenvalue weighted by atomic mass is 10.2. The van der Waals surface area contributed by atoms with Crippen LogP contribution in [-0.4, -0.2) is 21.4 Å². The first-order chi connectivity index (χ1) is 6.83. The number of H-pyrrole nitrogens is 1. The average Bonchev–Trinajstić information content (AvgIpc) is 2.68. The van der Waals surface area contributed by atoms with Crippen LogP contribution in [0.2, 0.25) is 0 Å². The fourth-order valence-corrected chi connectivity index (χ4v) is 1.44. The van der Waals surface area contributed by atoms with Gasteiger partial charge in [-0.15, -0.1) is 0 Å². The number of amides is 1. The van der Waals surface area contributed by atoms with Crippen LogP contribution in [0.1, 0.15) is 25.0 Å². The minimum atomic E-state index is 0.0977. The van der Waals surface area contributed by atoms with Gasteiger partial charge < -0.3 is 5.32 Å². The zero-order valence-corrected chi connectivity index (χ0v) is 9.51. The van der Waals surface area contributed by atoms with Gasteiger partial charge in [-0.3, -0.25) is 9.89 Å². The molecule has 1 heterocycles. The number of alkyl halides is 1. The summed E-state index contributed by atoms with van der Waals surface area (Å²) in [5.74, 6) is 0.0977. The van der Waals surface area contributed by atoms with Gasteiger partial charge in [-0.1, -0.05) is 15.9 Å². The van der Waals surface area contributed by atoms with Gasteiger partial charge in [0.15, 0.2) is 0 Å². The standard InChI is InChI=1S/C9H14BrN3O/c10-5-2-1-3-9(14)11-7-8-4-6-12-13-8/h4,6H,1-3,5,7H2,(H,11,14)(H,12,13). The molecule has 0 atom stereocenters. The molecule has 0 aliphatic carbocycles. The van der Waals surface area contributed by atoms with Gasteiger partial charge in [-0.05, 0) is 18.9 Å². The van der Waals surface area contributed by atoms with Crippen molar-refractivity contribution >= 4 is 21.8 Å². The number of unbranched alkanes of at least 4 members (excludes halogenated alkanes) is 1. The van der Waals surface area contributed by atoms with Gasteiger partial charge in [0.05, 0.1) is 12.2 Å². The van der Waals surface area contributed by atoms with E-state index in [1.54, 1.807) is 6.20 Å². The SMILES string of the molecule is O=C(CCCCBr)NCc1ccn[nH]1. The number of carbonyl (C=O) groups is 1. The largest absolute Gasteiger partial charge is 0.350 e. The first-order valence-corrected chi connectivity index (χ1v) is 5.76. The molecule has 0 aromatic carbocycles. The molecule has 2 N–H and O–H groups in total. The molecule has 78 valence electrons. The van der Waals surface area contributed by atoms with Crippen LogP contribution in [-0.2, 0) is 11.3 Å². The molecule has 0 radical (unpaired) electrons. The van der Waals surface area contributed by atoms with E-state index in [1.165, 1.54) is 0 Å². The normalized spacial score (nSPS) is 10.1. The Bertz CT molecular complexity index is 261. The number of aromatic amines is 1. The average molecular weight is 260 g/mol. The van der Waals surface area contributed by atoms with Crippen LogP contribution in [0.3, 0.4) is 0 Å². The first-order valence-electron chi connectivity index (χ1n) is 4.64. The van der Waals surface area contributed by atoms with E-state index >= 15 is 0 Å². The zero-order valence-electron chi connectivity index (χ0n) is 7.92. The van der Waals surface area contributed by atoms with E-state index in [0.717, 1.165) is 23.9 Å². The number of nitrogens with one attached hydrogen (secondary N) is 2. The maximum Gasteiger partial charge on any atom is 0.220 e. The summed E-state index contributed by atoms with van der Waals surface area (Å²) in [6.07, 6.45) is 4.24. The molecule has 0 saturated carbocycles. The van der Waals surface area contributed by atoms with Crippen molar-refractivity contribution in [2.45, 2.75) is 25.8 Å². The molecule has 0 aliphatic heterocycles. The number of halogens is 1. The smallest absolute Gasteiger partial charge is 0.220 e. The van der Waals surface area contributed by atoms with Gasteiger partial charge in [-0.25, -0.2) is 0 Å². The molecule has 5 heteroatoms. The predicted molar refractivity (Wildman–Crippen MR) is 58.1 cm³/mol. The van der Waals surface area contributed by atoms with Crippen molar-refractivity contribution in [1.82, 2.24) is 15.5 Å². The van der Waals surface area contributed by atoms with Crippen LogP contribution in [0.15, 0.2) is 12.3 Å². The first kappa shape index (κ1) is 11.2. The van der Waals surface area contributed by atoms with Crippen LogP contribution >= 0.6 is 15.9 Å². The molecule has 1 aromatic heterocycles. The van der Waals surface area contributed by atoms with Crippen LogP contribution < -0.4 is 5.32 Å². The van der Waals surface area contributed by atoms with Gasteiger partial charge in [0.25, 0.3) is 0 Å². The van der Waals surface area contributed by atoms with E-state index in [-0.39, 0.29) is 5.91 Å². The Morgan fingerprint density at radius 3 is 3.07 bits per heavy atom. The highest BCUT2D eigenvalue weighted by Gasteiger charge is 2.00. The third-order valence-corrected chi connectivity index (χ3v) is 2.38. The molecule has 0 saturated heterocycles. The number of nitrogens with zero attached hydrogens (tertiary/aromatic N) is 1. The van der Waals surface area contributed by atoms with Gasteiger partial charge >= 0.3 is 0 Å². The summed E-state index contributed by atoms with van der Waals surface area (Å²) in [6.45, 7) is 0.535. The number of aromatic nitrogens is 2. The second-order valence-corrected chi connectivity index (χ2v) is 3.80. The third kappa shape index (κ3) is 4.41. The highest BCUT2D eigenvalue weighted by Crippen LogP contribution is 1.98. The zero-order chi connectivity index (χ0) is 10.2. The lowest BCUT2D eigenvalue weighted by Gasteiger charge is -2.02. The topological polar surface area (TPSA) is 57.8 Å². The molecular formula is C9H14BrN3O. The van der Waals surface area contributed by atoms with E-state index in [2.05, 4.69) is 31.4 Å². The summed E-state index contributed by atoms with van der Waals surface area (Å²) in [6, 6.07) is 1.85. The second kappa shape index (κ2) is 6.59.